The Morgan fingerprint density at radius 1 is 1.05 bits per heavy atom. The minimum absolute atomic E-state index is 0.0204. The molecule has 3 rings (SSSR count). The van der Waals surface area contributed by atoms with Crippen LogP contribution < -0.4 is 14.8 Å². The van der Waals surface area contributed by atoms with E-state index in [1.54, 1.807) is 0 Å². The fraction of sp³-hybridized carbons (Fsp3) is 0.387. The highest BCUT2D eigenvalue weighted by molar-refractivity contribution is 6.34. The Kier molecular flexibility index (Phi) is 11.9. The van der Waals surface area contributed by atoms with E-state index in [1.807, 2.05) is 50.2 Å². The lowest BCUT2D eigenvalue weighted by Crippen LogP contribution is -2.41. The van der Waals surface area contributed by atoms with Crippen molar-refractivity contribution in [3.05, 3.63) is 75.3 Å². The number of phenols is 1. The van der Waals surface area contributed by atoms with Crippen LogP contribution in [0.2, 0.25) is 10.0 Å². The van der Waals surface area contributed by atoms with Gasteiger partial charge >= 0.3 is 0 Å². The van der Waals surface area contributed by atoms with Gasteiger partial charge < -0.3 is 29.9 Å². The Balaban J connectivity index is 1.66. The van der Waals surface area contributed by atoms with Gasteiger partial charge in [0, 0.05) is 43.2 Å². The third-order valence-corrected chi connectivity index (χ3v) is 7.38. The van der Waals surface area contributed by atoms with Crippen molar-refractivity contribution >= 4 is 29.1 Å². The Bertz CT molecular complexity index is 1300. The van der Waals surface area contributed by atoms with Crippen molar-refractivity contribution in [2.75, 3.05) is 26.2 Å². The van der Waals surface area contributed by atoms with Gasteiger partial charge in [-0.1, -0.05) is 60.5 Å². The van der Waals surface area contributed by atoms with E-state index in [4.69, 9.17) is 32.7 Å². The van der Waals surface area contributed by atoms with Crippen molar-refractivity contribution in [3.8, 4) is 28.4 Å². The molecule has 0 radical (unpaired) electrons. The second-order valence-corrected chi connectivity index (χ2v) is 10.5. The minimum atomic E-state index is -0.313. The second kappa shape index (κ2) is 15.1. The molecule has 0 spiro atoms. The third-order valence-electron chi connectivity index (χ3n) is 6.69. The van der Waals surface area contributed by atoms with Crippen LogP contribution in [0.4, 0.5) is 0 Å². The molecule has 1 amide bonds. The van der Waals surface area contributed by atoms with Crippen LogP contribution in [0.5, 0.6) is 17.2 Å². The number of nitrogens with zero attached hydrogens (tertiary/aromatic N) is 1. The summed E-state index contributed by atoms with van der Waals surface area (Å²) in [4.78, 5) is 13.6. The molecule has 0 heterocycles. The normalized spacial score (nSPS) is 11.9. The Morgan fingerprint density at radius 2 is 1.77 bits per heavy atom. The van der Waals surface area contributed by atoms with E-state index in [0.29, 0.717) is 33.7 Å². The first kappa shape index (κ1) is 31.6. The van der Waals surface area contributed by atoms with Gasteiger partial charge in [-0.05, 0) is 55.6 Å². The molecule has 3 aromatic rings. The van der Waals surface area contributed by atoms with E-state index in [-0.39, 0.29) is 30.9 Å². The summed E-state index contributed by atoms with van der Waals surface area (Å²) >= 11 is 13.1. The number of hydrogen-bond acceptors (Lipinski definition) is 6. The molecule has 0 fully saturated rings. The standard InChI is InChI=1S/C31H38Cl2N2O5/c1-5-35(17-20(2)34-22(4)37)13-8-14-39-29-12-7-11-26(31(29)33)25-10-6-9-23(21(25)3)19-40-30-16-28(38)24(18-36)15-27(30)32/h6-7,9-12,15-16,20,36,38H,5,8,13-14,17-19H2,1-4H3,(H,34,37). The van der Waals surface area contributed by atoms with E-state index in [9.17, 15) is 15.0 Å². The molecule has 0 aromatic heterocycles. The predicted octanol–water partition coefficient (Wildman–Crippen LogP) is 6.36. The summed E-state index contributed by atoms with van der Waals surface area (Å²) in [5.41, 5.74) is 4.10. The summed E-state index contributed by atoms with van der Waals surface area (Å²) in [6.07, 6.45) is 0.824. The molecular weight excluding hydrogens is 551 g/mol. The van der Waals surface area contributed by atoms with Gasteiger partial charge in [0.2, 0.25) is 5.91 Å². The molecule has 40 heavy (non-hydrogen) atoms. The number of nitrogens with one attached hydrogen (secondary N) is 1. The monoisotopic (exact) mass is 588 g/mol. The summed E-state index contributed by atoms with van der Waals surface area (Å²) in [6, 6.07) is 14.7. The lowest BCUT2D eigenvalue weighted by Gasteiger charge is -2.24. The summed E-state index contributed by atoms with van der Waals surface area (Å²) in [7, 11) is 0. The zero-order valence-corrected chi connectivity index (χ0v) is 25.0. The molecule has 0 aliphatic carbocycles. The molecule has 3 aromatic carbocycles. The molecule has 0 bridgehead atoms. The highest BCUT2D eigenvalue weighted by Crippen LogP contribution is 2.38. The first-order valence-corrected chi connectivity index (χ1v) is 14.1. The quantitative estimate of drug-likeness (QED) is 0.190. The van der Waals surface area contributed by atoms with Crippen molar-refractivity contribution in [1.29, 1.82) is 0 Å². The fourth-order valence-electron chi connectivity index (χ4n) is 4.57. The maximum Gasteiger partial charge on any atom is 0.217 e. The molecule has 0 saturated carbocycles. The van der Waals surface area contributed by atoms with Gasteiger partial charge in [0.05, 0.1) is 23.3 Å². The van der Waals surface area contributed by atoms with Crippen LogP contribution in [-0.4, -0.2) is 53.3 Å². The van der Waals surface area contributed by atoms with Gasteiger partial charge in [0.1, 0.15) is 23.9 Å². The molecule has 0 aliphatic heterocycles. The summed E-state index contributed by atoms with van der Waals surface area (Å²) in [6.45, 7) is 10.6. The van der Waals surface area contributed by atoms with Crippen LogP contribution in [0.3, 0.4) is 0 Å². The number of aliphatic hydroxyl groups excluding tert-OH is 1. The highest BCUT2D eigenvalue weighted by atomic mass is 35.5. The van der Waals surface area contributed by atoms with E-state index >= 15 is 0 Å². The number of carbonyl (C=O) groups excluding carboxylic acids is 1. The first-order chi connectivity index (χ1) is 19.1. The van der Waals surface area contributed by atoms with Crippen molar-refractivity contribution in [2.45, 2.75) is 53.4 Å². The van der Waals surface area contributed by atoms with Crippen LogP contribution in [0, 0.1) is 6.92 Å². The average Bonchev–Trinajstić information content (AvgIpc) is 2.91. The molecular formula is C31H38Cl2N2O5. The van der Waals surface area contributed by atoms with Gasteiger partial charge in [-0.25, -0.2) is 0 Å². The van der Waals surface area contributed by atoms with Crippen LogP contribution in [0.25, 0.3) is 11.1 Å². The molecule has 0 saturated heterocycles. The third kappa shape index (κ3) is 8.51. The molecule has 1 unspecified atom stereocenters. The Morgan fingerprint density at radius 3 is 2.48 bits per heavy atom. The van der Waals surface area contributed by atoms with Gasteiger partial charge in [-0.15, -0.1) is 0 Å². The van der Waals surface area contributed by atoms with E-state index in [0.717, 1.165) is 48.3 Å². The van der Waals surface area contributed by atoms with Gasteiger partial charge in [0.25, 0.3) is 0 Å². The molecule has 7 nitrogen and oxygen atoms in total. The van der Waals surface area contributed by atoms with Gasteiger partial charge in [0.15, 0.2) is 0 Å². The van der Waals surface area contributed by atoms with Crippen molar-refractivity contribution in [1.82, 2.24) is 10.2 Å². The number of benzene rings is 3. The summed E-state index contributed by atoms with van der Waals surface area (Å²) in [5.74, 6) is 0.868. The van der Waals surface area contributed by atoms with Crippen LogP contribution in [-0.2, 0) is 18.0 Å². The zero-order valence-electron chi connectivity index (χ0n) is 23.5. The number of halogens is 2. The molecule has 3 N–H and O–H groups in total. The van der Waals surface area contributed by atoms with E-state index < -0.39 is 0 Å². The summed E-state index contributed by atoms with van der Waals surface area (Å²) in [5, 5.41) is 23.1. The smallest absolute Gasteiger partial charge is 0.217 e. The maximum absolute atomic E-state index is 11.3. The number of carbonyl (C=O) groups is 1. The predicted molar refractivity (Wildman–Crippen MR) is 161 cm³/mol. The van der Waals surface area contributed by atoms with Crippen LogP contribution >= 0.6 is 23.2 Å². The van der Waals surface area contributed by atoms with Crippen LogP contribution in [0.1, 0.15) is 43.9 Å². The lowest BCUT2D eigenvalue weighted by atomic mass is 9.96. The number of amides is 1. The van der Waals surface area contributed by atoms with Gasteiger partial charge in [-0.2, -0.15) is 0 Å². The van der Waals surface area contributed by atoms with Crippen LogP contribution in [0.15, 0.2) is 48.5 Å². The maximum atomic E-state index is 11.3. The SMILES string of the molecule is CCN(CCCOc1cccc(-c2cccc(COc3cc(O)c(CO)cc3Cl)c2C)c1Cl)CC(C)NC(C)=O. The number of aliphatic hydroxyl groups is 1. The number of hydrogen-bond donors (Lipinski definition) is 3. The van der Waals surface area contributed by atoms with Gasteiger partial charge in [-0.3, -0.25) is 4.79 Å². The lowest BCUT2D eigenvalue weighted by molar-refractivity contribution is -0.119. The van der Waals surface area contributed by atoms with Crippen molar-refractivity contribution in [3.63, 3.8) is 0 Å². The Labute approximate surface area is 246 Å². The highest BCUT2D eigenvalue weighted by Gasteiger charge is 2.15. The second-order valence-electron chi connectivity index (χ2n) is 9.76. The topological polar surface area (TPSA) is 91.3 Å². The van der Waals surface area contributed by atoms with E-state index in [1.165, 1.54) is 19.1 Å². The van der Waals surface area contributed by atoms with Crippen molar-refractivity contribution < 1.29 is 24.5 Å². The number of ether oxygens (including phenoxy) is 2. The number of rotatable bonds is 14. The number of likely N-dealkylation sites (N-methyl/N-ethyl adjacent to an activating group) is 1. The summed E-state index contributed by atoms with van der Waals surface area (Å²) < 4.78 is 12.0. The van der Waals surface area contributed by atoms with Crippen molar-refractivity contribution in [2.24, 2.45) is 0 Å². The molecule has 216 valence electrons. The minimum Gasteiger partial charge on any atom is -0.507 e. The Hall–Kier alpha value is -2.97. The first-order valence-electron chi connectivity index (χ1n) is 13.4. The zero-order chi connectivity index (χ0) is 29.2. The molecule has 9 heteroatoms. The molecule has 0 aliphatic rings. The molecule has 1 atom stereocenters. The van der Waals surface area contributed by atoms with E-state index in [2.05, 4.69) is 17.1 Å². The fourth-order valence-corrected chi connectivity index (χ4v) is 5.09. The number of aromatic hydroxyl groups is 1. The largest absolute Gasteiger partial charge is 0.507 e. The average molecular weight is 590 g/mol.